The van der Waals surface area contributed by atoms with Crippen molar-refractivity contribution >= 4 is 64.7 Å². The van der Waals surface area contributed by atoms with Gasteiger partial charge in [-0.2, -0.15) is 4.31 Å². The van der Waals surface area contributed by atoms with E-state index in [4.69, 9.17) is 33.9 Å². The molecule has 2 aliphatic carbocycles. The molecule has 1 saturated heterocycles. The van der Waals surface area contributed by atoms with Crippen LogP contribution in [0.3, 0.4) is 0 Å². The highest BCUT2D eigenvalue weighted by atomic mass is 31.3. The van der Waals surface area contributed by atoms with Crippen LogP contribution in [0.4, 0.5) is 5.69 Å². The maximum absolute atomic E-state index is 13.7. The zero-order valence-corrected chi connectivity index (χ0v) is 51.0. The van der Waals surface area contributed by atoms with Crippen molar-refractivity contribution in [3.63, 3.8) is 0 Å². The standard InChI is InChI=1S/C56H65N10O19P3/c1-6-58-46-27-38-24-39-28-47(59-7-2)34(4)23-44(39)51(43(38)22-33(46)3)45-26-36(13-15-42(45)55(71)72)53(69)62-19-18-61-52(68)35-10-8-12-40(25-35)81-32-49(64-65-57)80-21-20-79-31-48(67)60-17-9-11-37-29-66(56(73)63-54(37)70)50-16-14-41(83-50)30-82-87(75,76)85-88(77,78)84-86(5)74/h8,10,12-13,15,22-23,25-29,41,49-50,58,74H,6-7,14,16-21,24,30-32H2,1-5H3,(H,60,67)(H,61,68)(H,62,69)(H,71,72)(H,75,76)(H,77,78)(H,63,70,73)/t41-,49?,50+,86?/m0/s1. The molecule has 2 heterocycles. The number of aromatic carboxylic acids is 1. The fraction of sp³-hybridized carbons (Fsp3) is 0.375. The number of phosphoric ester groups is 1. The maximum atomic E-state index is 13.7. The van der Waals surface area contributed by atoms with Gasteiger partial charge >= 0.3 is 27.3 Å². The SMILES string of the molecule is CCN=C1C=C2Cc3cc(NCC)c(C)cc3C(c3cc(C(=O)NCCNC(=O)c4cccc(OCC(N=[N+]=[N-])OCCOCC(=O)NCC#Cc5cn([C@H]6CC[C@@H](COP(=O)(O)OP(=O)(O)OP(C)O)O6)c(=O)[nH]c5=O)c4)ccc3C(=O)O)=C2C=C1C. The number of phosphoric acid groups is 2. The van der Waals surface area contributed by atoms with Crippen molar-refractivity contribution in [2.24, 2.45) is 10.1 Å². The first-order valence-corrected chi connectivity index (χ1v) is 32.0. The second-order valence-corrected chi connectivity index (χ2v) is 24.0. The number of hydrogen-bond donors (Lipinski definition) is 9. The van der Waals surface area contributed by atoms with Crippen molar-refractivity contribution in [2.75, 3.05) is 77.7 Å². The molecular formula is C56H65N10O19P3. The van der Waals surface area contributed by atoms with Gasteiger partial charge in [-0.3, -0.25) is 38.2 Å². The highest BCUT2D eigenvalue weighted by Crippen LogP contribution is 2.64. The normalized spacial score (nSPS) is 17.7. The van der Waals surface area contributed by atoms with Gasteiger partial charge in [-0.05, 0) is 158 Å². The predicted molar refractivity (Wildman–Crippen MR) is 322 cm³/mol. The average Bonchev–Trinajstić information content (AvgIpc) is 1.34. The lowest BCUT2D eigenvalue weighted by molar-refractivity contribution is -0.126. The van der Waals surface area contributed by atoms with E-state index in [1.165, 1.54) is 18.2 Å². The van der Waals surface area contributed by atoms with E-state index in [2.05, 4.69) is 79.9 Å². The Balaban J connectivity index is 0.841. The molecule has 4 unspecified atom stereocenters. The molecular weight excluding hydrogens is 1210 g/mol. The number of carboxylic acids is 1. The van der Waals surface area contributed by atoms with Crippen LogP contribution in [0.1, 0.15) is 98.7 Å². The van der Waals surface area contributed by atoms with Crippen LogP contribution in [0.5, 0.6) is 5.75 Å². The van der Waals surface area contributed by atoms with E-state index in [1.807, 2.05) is 33.8 Å². The third-order valence-electron chi connectivity index (χ3n) is 13.2. The van der Waals surface area contributed by atoms with Gasteiger partial charge in [0.1, 0.15) is 30.8 Å². The third-order valence-corrected chi connectivity index (χ3v) is 17.1. The van der Waals surface area contributed by atoms with Crippen molar-refractivity contribution in [2.45, 2.75) is 65.5 Å². The molecule has 0 saturated carbocycles. The molecule has 3 amide bonds. The maximum Gasteiger partial charge on any atom is 0.486 e. The molecule has 3 aromatic carbocycles. The minimum atomic E-state index is -5.16. The van der Waals surface area contributed by atoms with Crippen molar-refractivity contribution in [1.29, 1.82) is 0 Å². The number of H-pyrrole nitrogens is 1. The van der Waals surface area contributed by atoms with E-state index in [9.17, 15) is 52.8 Å². The van der Waals surface area contributed by atoms with Crippen LogP contribution in [0.25, 0.3) is 16.0 Å². The molecule has 1 aliphatic heterocycles. The first kappa shape index (κ1) is 67.6. The number of benzene rings is 3. The molecule has 1 fully saturated rings. The smallest absolute Gasteiger partial charge is 0.486 e. The molecule has 9 N–H and O–H groups in total. The Morgan fingerprint density at radius 2 is 1.72 bits per heavy atom. The van der Waals surface area contributed by atoms with Crippen LogP contribution in [0.2, 0.25) is 0 Å². The van der Waals surface area contributed by atoms with Gasteiger partial charge in [-0.15, -0.1) is 0 Å². The van der Waals surface area contributed by atoms with E-state index < -0.39 is 90.7 Å². The number of aromatic amines is 1. The Labute approximate surface area is 505 Å². The van der Waals surface area contributed by atoms with E-state index in [0.29, 0.717) is 24.1 Å². The highest BCUT2D eigenvalue weighted by Gasteiger charge is 2.39. The minimum absolute atomic E-state index is 0.0292. The molecule has 1 aromatic heterocycles. The number of anilines is 1. The number of amides is 3. The first-order valence-electron chi connectivity index (χ1n) is 27.3. The van der Waals surface area contributed by atoms with E-state index in [0.717, 1.165) is 68.8 Å². The van der Waals surface area contributed by atoms with Crippen LogP contribution in [-0.2, 0) is 47.7 Å². The molecule has 7 rings (SSSR count). The Bertz CT molecular complexity index is 3790. The lowest BCUT2D eigenvalue weighted by atomic mass is 9.74. The zero-order chi connectivity index (χ0) is 63.7. The quantitative estimate of drug-likeness (QED) is 0.00760. The lowest BCUT2D eigenvalue weighted by Gasteiger charge is -2.30. The largest absolute Gasteiger partial charge is 0.491 e. The molecule has 88 heavy (non-hydrogen) atoms. The Kier molecular flexibility index (Phi) is 24.1. The van der Waals surface area contributed by atoms with Crippen LogP contribution in [0.15, 0.2) is 109 Å². The summed E-state index contributed by atoms with van der Waals surface area (Å²) in [5, 5.41) is 25.5. The number of ether oxygens (including phenoxy) is 4. The summed E-state index contributed by atoms with van der Waals surface area (Å²) in [6.45, 7) is 8.57. The second kappa shape index (κ2) is 31.3. The fourth-order valence-electron chi connectivity index (χ4n) is 9.35. The number of carboxylic acid groups (broad SMARTS) is 1. The van der Waals surface area contributed by atoms with Gasteiger partial charge in [-0.1, -0.05) is 23.0 Å². The molecule has 4 aromatic rings. The van der Waals surface area contributed by atoms with Gasteiger partial charge < -0.3 is 60.0 Å². The van der Waals surface area contributed by atoms with Crippen LogP contribution < -0.4 is 37.3 Å². The number of aromatic nitrogens is 2. The number of aliphatic imine (C=N–C) groups is 1. The second-order valence-electron chi connectivity index (χ2n) is 19.6. The number of allylic oxidation sites excluding steroid dienone is 5. The van der Waals surface area contributed by atoms with Gasteiger partial charge in [-0.25, -0.2) is 23.0 Å². The number of aryl methyl sites for hydroxylation is 1. The number of carbonyl (C=O) groups excluding carboxylic acids is 3. The molecule has 3 aliphatic rings. The Morgan fingerprint density at radius 3 is 2.42 bits per heavy atom. The van der Waals surface area contributed by atoms with Gasteiger partial charge in [0.05, 0.1) is 43.7 Å². The summed E-state index contributed by atoms with van der Waals surface area (Å²) in [5.74, 6) is 2.68. The summed E-state index contributed by atoms with van der Waals surface area (Å²) in [6, 6.07) is 14.8. The first-order chi connectivity index (χ1) is 42.0. The summed E-state index contributed by atoms with van der Waals surface area (Å²) in [5.41, 5.74) is 16.3. The Morgan fingerprint density at radius 1 is 0.966 bits per heavy atom. The summed E-state index contributed by atoms with van der Waals surface area (Å²) in [4.78, 5) is 115. The number of hydrogen-bond acceptors (Lipinski definition) is 19. The predicted octanol–water partition coefficient (Wildman–Crippen LogP) is 5.92. The van der Waals surface area contributed by atoms with Crippen molar-refractivity contribution < 1.29 is 80.2 Å². The molecule has 0 radical (unpaired) electrons. The summed E-state index contributed by atoms with van der Waals surface area (Å²) < 4.78 is 60.4. The highest BCUT2D eigenvalue weighted by molar-refractivity contribution is 7.66. The van der Waals surface area contributed by atoms with Crippen LogP contribution in [0, 0.1) is 18.8 Å². The monoisotopic (exact) mass is 1270 g/mol. The number of rotatable bonds is 29. The molecule has 6 atom stereocenters. The third kappa shape index (κ3) is 18.8. The average molecular weight is 1280 g/mol. The number of nitrogens with zero attached hydrogens (tertiary/aromatic N) is 5. The molecule has 29 nitrogen and oxygen atoms in total. The molecule has 32 heteroatoms. The van der Waals surface area contributed by atoms with E-state index in [1.54, 1.807) is 24.3 Å². The lowest BCUT2D eigenvalue weighted by Crippen LogP contribution is -2.34. The van der Waals surface area contributed by atoms with Crippen molar-refractivity contribution in [3.8, 4) is 17.6 Å². The van der Waals surface area contributed by atoms with Gasteiger partial charge in [0.2, 0.25) is 5.91 Å². The van der Waals surface area contributed by atoms with Gasteiger partial charge in [0.25, 0.3) is 17.4 Å². The van der Waals surface area contributed by atoms with E-state index >= 15 is 0 Å². The van der Waals surface area contributed by atoms with Crippen molar-refractivity contribution in [3.05, 3.63) is 165 Å². The molecule has 0 bridgehead atoms. The van der Waals surface area contributed by atoms with Crippen molar-refractivity contribution in [1.82, 2.24) is 25.5 Å². The Hall–Kier alpha value is -7.89. The van der Waals surface area contributed by atoms with E-state index in [-0.39, 0.29) is 80.3 Å². The zero-order valence-electron chi connectivity index (χ0n) is 48.3. The van der Waals surface area contributed by atoms with Crippen LogP contribution in [-0.4, -0.2) is 143 Å². The van der Waals surface area contributed by atoms with Crippen LogP contribution >= 0.6 is 24.0 Å². The summed E-state index contributed by atoms with van der Waals surface area (Å²) >= 11 is 0. The minimum Gasteiger partial charge on any atom is -0.491 e. The number of azide groups is 1. The van der Waals surface area contributed by atoms with Gasteiger partial charge in [0.15, 0.2) is 14.6 Å². The fourth-order valence-corrected chi connectivity index (χ4v) is 12.5. The topological polar surface area (TPSA) is 412 Å². The number of nitrogens with one attached hydrogen (secondary N) is 5. The van der Waals surface area contributed by atoms with Gasteiger partial charge in [0, 0.05) is 60.8 Å². The number of fused-ring (bicyclic) bond motifs is 2. The molecule has 468 valence electrons. The molecule has 0 spiro atoms. The summed E-state index contributed by atoms with van der Waals surface area (Å²) in [7, 11) is -12.7. The number of carbonyl (C=O) groups is 4. The summed E-state index contributed by atoms with van der Waals surface area (Å²) in [6.07, 6.45) is 3.16.